The molecule has 2 N–H and O–H groups in total. The van der Waals surface area contributed by atoms with Crippen LogP contribution in [0.5, 0.6) is 0 Å². The topological polar surface area (TPSA) is 65.4 Å². The van der Waals surface area contributed by atoms with Gasteiger partial charge in [0.15, 0.2) is 0 Å². The molecule has 0 bridgehead atoms. The predicted octanol–water partition coefficient (Wildman–Crippen LogP) is 5.22. The molecule has 1 aromatic heterocycles. The summed E-state index contributed by atoms with van der Waals surface area (Å²) in [5.41, 5.74) is 4.70. The van der Waals surface area contributed by atoms with E-state index in [0.29, 0.717) is 5.95 Å². The molecule has 0 saturated carbocycles. The largest absolute Gasteiger partial charge is 0.347 e. The van der Waals surface area contributed by atoms with Crippen molar-refractivity contribution in [3.8, 4) is 0 Å². The summed E-state index contributed by atoms with van der Waals surface area (Å²) in [7, 11) is 1.75. The Bertz CT molecular complexity index is 953. The normalized spacial score (nSPS) is 12.4. The maximum atomic E-state index is 4.67. The van der Waals surface area contributed by atoms with Gasteiger partial charge >= 0.3 is 0 Å². The van der Waals surface area contributed by atoms with E-state index in [9.17, 15) is 0 Å². The highest BCUT2D eigenvalue weighted by atomic mass is 15.1. The minimum Gasteiger partial charge on any atom is -0.347 e. The Balaban J connectivity index is 2.10. The first-order valence-corrected chi connectivity index (χ1v) is 11.2. The fourth-order valence-electron chi connectivity index (χ4n) is 3.31. The number of amidine groups is 1. The molecule has 0 unspecified atom stereocenters. The molecule has 0 atom stereocenters. The number of rotatable bonds is 11. The first-order chi connectivity index (χ1) is 15.6. The van der Waals surface area contributed by atoms with Crippen molar-refractivity contribution in [3.05, 3.63) is 78.3 Å². The summed E-state index contributed by atoms with van der Waals surface area (Å²) in [6.07, 6.45) is 8.53. The summed E-state index contributed by atoms with van der Waals surface area (Å²) in [4.78, 5) is 15.8. The number of allylic oxidation sites excluding steroid dienone is 2. The smallest absolute Gasteiger partial charge is 0.227 e. The molecule has 32 heavy (non-hydrogen) atoms. The highest BCUT2D eigenvalue weighted by Crippen LogP contribution is 2.22. The van der Waals surface area contributed by atoms with E-state index in [1.165, 1.54) is 5.56 Å². The van der Waals surface area contributed by atoms with E-state index in [4.69, 9.17) is 0 Å². The van der Waals surface area contributed by atoms with E-state index in [1.54, 1.807) is 13.2 Å². The summed E-state index contributed by atoms with van der Waals surface area (Å²) in [6, 6.07) is 10.3. The van der Waals surface area contributed by atoms with Crippen molar-refractivity contribution in [2.45, 2.75) is 34.1 Å². The molecule has 0 aliphatic carbocycles. The molecule has 0 aliphatic heterocycles. The molecule has 0 amide bonds. The van der Waals surface area contributed by atoms with Gasteiger partial charge in [-0.3, -0.25) is 4.99 Å². The van der Waals surface area contributed by atoms with Crippen LogP contribution in [0.3, 0.4) is 0 Å². The number of aliphatic imine (C=N–C) groups is 1. The Morgan fingerprint density at radius 3 is 2.44 bits per heavy atom. The van der Waals surface area contributed by atoms with Crippen molar-refractivity contribution in [1.29, 1.82) is 0 Å². The molecular formula is C26H36N6. The number of hydrogen-bond acceptors (Lipinski definition) is 5. The number of nitrogens with zero attached hydrogens (tertiary/aromatic N) is 4. The maximum Gasteiger partial charge on any atom is 0.227 e. The van der Waals surface area contributed by atoms with Gasteiger partial charge in [0.2, 0.25) is 5.95 Å². The third-order valence-electron chi connectivity index (χ3n) is 5.27. The lowest BCUT2D eigenvalue weighted by atomic mass is 10.0. The lowest BCUT2D eigenvalue weighted by molar-refractivity contribution is 0.308. The lowest BCUT2D eigenvalue weighted by Crippen LogP contribution is -2.25. The SMILES string of the molecule is C=C(/C(=C/C)C(=NC)N/C=C\C)c1ccnc(Nc2ccc(CCN(CC)CC)cc2)n1. The molecule has 1 aromatic carbocycles. The van der Waals surface area contributed by atoms with Crippen LogP contribution in [0.15, 0.2) is 72.0 Å². The average Bonchev–Trinajstić information content (AvgIpc) is 2.83. The van der Waals surface area contributed by atoms with Gasteiger partial charge in [0.05, 0.1) is 5.69 Å². The predicted molar refractivity (Wildman–Crippen MR) is 137 cm³/mol. The Labute approximate surface area is 192 Å². The molecule has 0 fully saturated rings. The molecule has 2 aromatic rings. The van der Waals surface area contributed by atoms with Crippen molar-refractivity contribution in [2.75, 3.05) is 32.0 Å². The lowest BCUT2D eigenvalue weighted by Gasteiger charge is -2.17. The molecule has 0 radical (unpaired) electrons. The highest BCUT2D eigenvalue weighted by Gasteiger charge is 2.13. The summed E-state index contributed by atoms with van der Waals surface area (Å²) >= 11 is 0. The van der Waals surface area contributed by atoms with Crippen molar-refractivity contribution < 1.29 is 0 Å². The van der Waals surface area contributed by atoms with Gasteiger partial charge in [-0.25, -0.2) is 9.97 Å². The molecule has 0 saturated heterocycles. The van der Waals surface area contributed by atoms with Gasteiger partial charge < -0.3 is 15.5 Å². The monoisotopic (exact) mass is 432 g/mol. The number of nitrogens with one attached hydrogen (secondary N) is 2. The summed E-state index contributed by atoms with van der Waals surface area (Å²) in [6.45, 7) is 15.8. The van der Waals surface area contributed by atoms with Crippen molar-refractivity contribution >= 4 is 23.0 Å². The van der Waals surface area contributed by atoms with Gasteiger partial charge in [-0.15, -0.1) is 0 Å². The van der Waals surface area contributed by atoms with E-state index in [-0.39, 0.29) is 0 Å². The van der Waals surface area contributed by atoms with Crippen LogP contribution >= 0.6 is 0 Å². The second-order valence-corrected chi connectivity index (χ2v) is 7.26. The van der Waals surface area contributed by atoms with Crippen LogP contribution in [0, 0.1) is 0 Å². The minimum absolute atomic E-state index is 0.534. The number of anilines is 2. The molecule has 6 nitrogen and oxygen atoms in total. The first-order valence-electron chi connectivity index (χ1n) is 11.2. The van der Waals surface area contributed by atoms with Gasteiger partial charge in [-0.2, -0.15) is 0 Å². The molecule has 170 valence electrons. The molecule has 0 aliphatic rings. The number of hydrogen-bond donors (Lipinski definition) is 2. The van der Waals surface area contributed by atoms with Crippen LogP contribution in [0.1, 0.15) is 39.0 Å². The Morgan fingerprint density at radius 1 is 1.12 bits per heavy atom. The van der Waals surface area contributed by atoms with Crippen LogP contribution in [0.25, 0.3) is 5.57 Å². The summed E-state index contributed by atoms with van der Waals surface area (Å²) < 4.78 is 0. The molecular weight excluding hydrogens is 396 g/mol. The second-order valence-electron chi connectivity index (χ2n) is 7.26. The molecule has 6 heteroatoms. The second kappa shape index (κ2) is 13.2. The van der Waals surface area contributed by atoms with Crippen LogP contribution in [0.4, 0.5) is 11.6 Å². The standard InChI is InChI=1S/C26H36N6/c1-7-17-28-25(27-6)23(8-2)20(5)24-15-18-29-26(31-24)30-22-13-11-21(12-14-22)16-19-32(9-3)10-4/h7-8,11-15,17-18H,5,9-10,16,19H2,1-4,6H3,(H,27,28)(H,29,30,31)/b17-7-,23-8-. The van der Waals surface area contributed by atoms with Crippen LogP contribution in [-0.4, -0.2) is 47.4 Å². The van der Waals surface area contributed by atoms with Gasteiger partial charge in [-0.1, -0.05) is 44.7 Å². The maximum absolute atomic E-state index is 4.67. The highest BCUT2D eigenvalue weighted by molar-refractivity contribution is 6.11. The zero-order valence-corrected chi connectivity index (χ0v) is 20.0. The molecule has 1 heterocycles. The quantitative estimate of drug-likeness (QED) is 0.290. The first kappa shape index (κ1) is 25.0. The Kier molecular flexibility index (Phi) is 10.3. The van der Waals surface area contributed by atoms with Crippen molar-refractivity contribution in [2.24, 2.45) is 4.99 Å². The zero-order chi connectivity index (χ0) is 23.3. The minimum atomic E-state index is 0.534. The number of likely N-dealkylation sites (N-methyl/N-ethyl adjacent to an activating group) is 1. The van der Waals surface area contributed by atoms with Gasteiger partial charge in [-0.05, 0) is 63.3 Å². The third kappa shape index (κ3) is 7.17. The van der Waals surface area contributed by atoms with Crippen LogP contribution < -0.4 is 10.6 Å². The van der Waals surface area contributed by atoms with E-state index in [2.05, 4.69) is 75.2 Å². The van der Waals surface area contributed by atoms with Crippen LogP contribution in [-0.2, 0) is 6.42 Å². The van der Waals surface area contributed by atoms with Crippen LogP contribution in [0.2, 0.25) is 0 Å². The number of benzene rings is 1. The van der Waals surface area contributed by atoms with Gasteiger partial charge in [0.1, 0.15) is 5.84 Å². The van der Waals surface area contributed by atoms with E-state index < -0.39 is 0 Å². The van der Waals surface area contributed by atoms with E-state index in [0.717, 1.165) is 54.4 Å². The summed E-state index contributed by atoms with van der Waals surface area (Å²) in [5, 5.41) is 6.48. The molecule has 2 rings (SSSR count). The average molecular weight is 433 g/mol. The summed E-state index contributed by atoms with van der Waals surface area (Å²) in [5.74, 6) is 1.27. The van der Waals surface area contributed by atoms with Crippen molar-refractivity contribution in [3.63, 3.8) is 0 Å². The van der Waals surface area contributed by atoms with Gasteiger partial charge in [0, 0.05) is 36.6 Å². The third-order valence-corrected chi connectivity index (χ3v) is 5.27. The van der Waals surface area contributed by atoms with E-state index in [1.807, 2.05) is 38.3 Å². The fraction of sp³-hybridized carbons (Fsp3) is 0.346. The van der Waals surface area contributed by atoms with E-state index >= 15 is 0 Å². The Morgan fingerprint density at radius 2 is 1.84 bits per heavy atom. The Hall–Kier alpha value is -3.25. The zero-order valence-electron chi connectivity index (χ0n) is 20.0. The van der Waals surface area contributed by atoms with Crippen molar-refractivity contribution in [1.82, 2.24) is 20.2 Å². The number of aromatic nitrogens is 2. The molecule has 0 spiro atoms. The fourth-order valence-corrected chi connectivity index (χ4v) is 3.31. The van der Waals surface area contributed by atoms with Gasteiger partial charge in [0.25, 0.3) is 0 Å².